The number of amides is 1. The second kappa shape index (κ2) is 8.80. The number of carbonyl (C=O) groups excluding carboxylic acids is 1. The molecule has 3 rings (SSSR count). The zero-order chi connectivity index (χ0) is 20.1. The molecule has 0 N–H and O–H groups in total. The maximum atomic E-state index is 13.3. The lowest BCUT2D eigenvalue weighted by atomic mass is 10.1. The first-order valence-electron chi connectivity index (χ1n) is 9.22. The second-order valence-corrected chi connectivity index (χ2v) is 8.93. The fraction of sp³-hybridized carbons (Fsp3) is 0.286. The van der Waals surface area contributed by atoms with Crippen molar-refractivity contribution in [1.82, 2.24) is 4.90 Å². The van der Waals surface area contributed by atoms with Crippen LogP contribution < -0.4 is 4.31 Å². The third-order valence-corrected chi connectivity index (χ3v) is 6.82. The maximum absolute atomic E-state index is 13.3. The molecule has 1 fully saturated rings. The van der Waals surface area contributed by atoms with Crippen LogP contribution >= 0.6 is 11.6 Å². The summed E-state index contributed by atoms with van der Waals surface area (Å²) in [6, 6.07) is 12.9. The number of halogens is 1. The molecule has 1 amide bonds. The number of likely N-dealkylation sites (tertiary alicyclic amines) is 1. The van der Waals surface area contributed by atoms with Crippen molar-refractivity contribution >= 4 is 33.2 Å². The van der Waals surface area contributed by atoms with Gasteiger partial charge in [0.2, 0.25) is 0 Å². The van der Waals surface area contributed by atoms with E-state index < -0.39 is 10.0 Å². The first-order chi connectivity index (χ1) is 13.4. The Morgan fingerprint density at radius 2 is 1.82 bits per heavy atom. The molecular weight excluding hydrogens is 396 g/mol. The van der Waals surface area contributed by atoms with Crippen molar-refractivity contribution in [2.75, 3.05) is 23.9 Å². The van der Waals surface area contributed by atoms with E-state index in [1.54, 1.807) is 41.3 Å². The molecule has 1 aliphatic rings. The first kappa shape index (κ1) is 20.4. The standard InChI is InChI=1S/C21H23ClN2O3S/c1-2-13-24(20-12-5-4-11-19(20)22)28(26,27)18-10-8-9-17(16-18)21(25)23-14-6-3-7-15-23/h2,4-5,8-12,16H,1,3,6-7,13-15H2. The van der Waals surface area contributed by atoms with Gasteiger partial charge in [0.1, 0.15) is 0 Å². The van der Waals surface area contributed by atoms with Crippen LogP contribution in [-0.2, 0) is 10.0 Å². The Bertz CT molecular complexity index is 969. The summed E-state index contributed by atoms with van der Waals surface area (Å²) in [4.78, 5) is 14.6. The van der Waals surface area contributed by atoms with Gasteiger partial charge in [-0.15, -0.1) is 6.58 Å². The van der Waals surface area contributed by atoms with E-state index in [9.17, 15) is 13.2 Å². The molecule has 0 unspecified atom stereocenters. The molecule has 0 saturated carbocycles. The molecule has 0 bridgehead atoms. The SMILES string of the molecule is C=CCN(c1ccccc1Cl)S(=O)(=O)c1cccc(C(=O)N2CCCCC2)c1. The number of hydrogen-bond donors (Lipinski definition) is 0. The number of hydrogen-bond acceptors (Lipinski definition) is 3. The van der Waals surface area contributed by atoms with Crippen molar-refractivity contribution in [1.29, 1.82) is 0 Å². The van der Waals surface area contributed by atoms with Gasteiger partial charge in [-0.2, -0.15) is 0 Å². The highest BCUT2D eigenvalue weighted by atomic mass is 35.5. The third-order valence-electron chi connectivity index (χ3n) is 4.73. The third kappa shape index (κ3) is 4.23. The highest BCUT2D eigenvalue weighted by molar-refractivity contribution is 7.92. The minimum Gasteiger partial charge on any atom is -0.339 e. The van der Waals surface area contributed by atoms with E-state index in [-0.39, 0.29) is 17.3 Å². The summed E-state index contributed by atoms with van der Waals surface area (Å²) in [5.41, 5.74) is 0.748. The molecule has 2 aromatic rings. The van der Waals surface area contributed by atoms with Crippen molar-refractivity contribution < 1.29 is 13.2 Å². The van der Waals surface area contributed by atoms with Crippen LogP contribution in [0.3, 0.4) is 0 Å². The lowest BCUT2D eigenvalue weighted by Gasteiger charge is -2.27. The predicted octanol–water partition coefficient (Wildman–Crippen LogP) is 4.35. The molecular formula is C21H23ClN2O3S. The number of carbonyl (C=O) groups is 1. The number of rotatable bonds is 6. The summed E-state index contributed by atoms with van der Waals surface area (Å²) in [7, 11) is -3.92. The maximum Gasteiger partial charge on any atom is 0.264 e. The fourth-order valence-corrected chi connectivity index (χ4v) is 5.08. The van der Waals surface area contributed by atoms with Crippen molar-refractivity contribution in [3.05, 3.63) is 71.8 Å². The summed E-state index contributed by atoms with van der Waals surface area (Å²) in [5, 5.41) is 0.327. The van der Waals surface area contributed by atoms with Crippen LogP contribution in [0.15, 0.2) is 66.1 Å². The van der Waals surface area contributed by atoms with Gasteiger partial charge in [-0.1, -0.05) is 35.9 Å². The lowest BCUT2D eigenvalue weighted by Crippen LogP contribution is -2.36. The molecule has 0 spiro atoms. The van der Waals surface area contributed by atoms with Crippen LogP contribution in [-0.4, -0.2) is 38.9 Å². The molecule has 2 aromatic carbocycles. The highest BCUT2D eigenvalue weighted by Crippen LogP contribution is 2.30. The molecule has 1 heterocycles. The number of anilines is 1. The van der Waals surface area contributed by atoms with E-state index in [1.807, 2.05) is 0 Å². The van der Waals surface area contributed by atoms with Crippen molar-refractivity contribution in [3.8, 4) is 0 Å². The quantitative estimate of drug-likeness (QED) is 0.655. The van der Waals surface area contributed by atoms with Crippen LogP contribution in [0.1, 0.15) is 29.6 Å². The molecule has 0 aromatic heterocycles. The number of piperidine rings is 1. The van der Waals surface area contributed by atoms with Gasteiger partial charge in [-0.3, -0.25) is 9.10 Å². The number of para-hydroxylation sites is 1. The Kier molecular flexibility index (Phi) is 6.42. The molecule has 1 saturated heterocycles. The van der Waals surface area contributed by atoms with E-state index in [1.165, 1.54) is 22.5 Å². The van der Waals surface area contributed by atoms with Gasteiger partial charge in [-0.25, -0.2) is 8.42 Å². The van der Waals surface area contributed by atoms with Crippen LogP contribution in [0.2, 0.25) is 5.02 Å². The number of benzene rings is 2. The fourth-order valence-electron chi connectivity index (χ4n) is 3.29. The Morgan fingerprint density at radius 1 is 1.11 bits per heavy atom. The Labute approximate surface area is 171 Å². The minimum atomic E-state index is -3.92. The van der Waals surface area contributed by atoms with E-state index in [0.29, 0.717) is 29.4 Å². The minimum absolute atomic E-state index is 0.0529. The molecule has 0 atom stereocenters. The molecule has 5 nitrogen and oxygen atoms in total. The molecule has 0 aliphatic carbocycles. The Balaban J connectivity index is 1.97. The summed E-state index contributed by atoms with van der Waals surface area (Å²) in [5.74, 6) is -0.134. The zero-order valence-corrected chi connectivity index (χ0v) is 17.1. The van der Waals surface area contributed by atoms with Gasteiger partial charge in [0.15, 0.2) is 0 Å². The normalized spacial score (nSPS) is 14.5. The summed E-state index contributed by atoms with van der Waals surface area (Å²) >= 11 is 6.23. The summed E-state index contributed by atoms with van der Waals surface area (Å²) < 4.78 is 27.8. The van der Waals surface area contributed by atoms with Gasteiger partial charge < -0.3 is 4.90 Å². The second-order valence-electron chi connectivity index (χ2n) is 6.66. The van der Waals surface area contributed by atoms with E-state index in [0.717, 1.165) is 19.3 Å². The van der Waals surface area contributed by atoms with Crippen LogP contribution in [0.25, 0.3) is 0 Å². The van der Waals surface area contributed by atoms with Gasteiger partial charge >= 0.3 is 0 Å². The van der Waals surface area contributed by atoms with Gasteiger partial charge in [0.05, 0.1) is 22.2 Å². The van der Waals surface area contributed by atoms with Crippen LogP contribution in [0.5, 0.6) is 0 Å². The smallest absolute Gasteiger partial charge is 0.264 e. The van der Waals surface area contributed by atoms with Crippen molar-refractivity contribution in [3.63, 3.8) is 0 Å². The van der Waals surface area contributed by atoms with Gasteiger partial charge in [-0.05, 0) is 49.6 Å². The van der Waals surface area contributed by atoms with E-state index >= 15 is 0 Å². The Morgan fingerprint density at radius 3 is 2.50 bits per heavy atom. The largest absolute Gasteiger partial charge is 0.339 e. The molecule has 148 valence electrons. The van der Waals surface area contributed by atoms with Crippen LogP contribution in [0, 0.1) is 0 Å². The average Bonchev–Trinajstić information content (AvgIpc) is 2.73. The van der Waals surface area contributed by atoms with Crippen molar-refractivity contribution in [2.24, 2.45) is 0 Å². The van der Waals surface area contributed by atoms with Crippen LogP contribution in [0.4, 0.5) is 5.69 Å². The molecule has 1 aliphatic heterocycles. The Hall–Kier alpha value is -2.31. The van der Waals surface area contributed by atoms with E-state index in [2.05, 4.69) is 6.58 Å². The highest BCUT2D eigenvalue weighted by Gasteiger charge is 2.27. The van der Waals surface area contributed by atoms with Gasteiger partial charge in [0.25, 0.3) is 15.9 Å². The molecule has 0 radical (unpaired) electrons. The number of nitrogens with zero attached hydrogens (tertiary/aromatic N) is 2. The topological polar surface area (TPSA) is 57.7 Å². The summed E-state index contributed by atoms with van der Waals surface area (Å²) in [6.07, 6.45) is 4.57. The van der Waals surface area contributed by atoms with E-state index in [4.69, 9.17) is 11.6 Å². The van der Waals surface area contributed by atoms with Gasteiger partial charge in [0, 0.05) is 18.7 Å². The van der Waals surface area contributed by atoms with Crippen molar-refractivity contribution in [2.45, 2.75) is 24.2 Å². The summed E-state index contributed by atoms with van der Waals surface area (Å²) in [6.45, 7) is 5.14. The molecule has 7 heteroatoms. The average molecular weight is 419 g/mol. The first-order valence-corrected chi connectivity index (χ1v) is 11.0. The zero-order valence-electron chi connectivity index (χ0n) is 15.6. The number of sulfonamides is 1. The monoisotopic (exact) mass is 418 g/mol. The molecule has 28 heavy (non-hydrogen) atoms. The predicted molar refractivity (Wildman–Crippen MR) is 112 cm³/mol. The lowest BCUT2D eigenvalue weighted by molar-refractivity contribution is 0.0724.